The molecule has 6 heteroatoms. The van der Waals surface area contributed by atoms with Gasteiger partial charge >= 0.3 is 0 Å². The number of aromatic amines is 1. The second kappa shape index (κ2) is 7.72. The SMILES string of the molecule is COCC(O)CCNC(=O)c1c[nH]cc1-c1ccc(F)cc1. The first kappa shape index (κ1) is 16.2. The molecule has 0 spiro atoms. The predicted molar refractivity (Wildman–Crippen MR) is 81.0 cm³/mol. The lowest BCUT2D eigenvalue weighted by Crippen LogP contribution is -2.28. The molecule has 0 radical (unpaired) electrons. The van der Waals surface area contributed by atoms with Gasteiger partial charge in [0.2, 0.25) is 0 Å². The van der Waals surface area contributed by atoms with E-state index < -0.39 is 6.10 Å². The Bertz CT molecular complexity index is 610. The number of ether oxygens (including phenoxy) is 1. The van der Waals surface area contributed by atoms with Gasteiger partial charge in [-0.1, -0.05) is 12.1 Å². The van der Waals surface area contributed by atoms with Crippen LogP contribution >= 0.6 is 0 Å². The van der Waals surface area contributed by atoms with Crippen LogP contribution in [-0.2, 0) is 4.74 Å². The van der Waals surface area contributed by atoms with Gasteiger partial charge in [-0.2, -0.15) is 0 Å². The average Bonchev–Trinajstić information content (AvgIpc) is 2.97. The summed E-state index contributed by atoms with van der Waals surface area (Å²) >= 11 is 0. The van der Waals surface area contributed by atoms with Crippen LogP contribution < -0.4 is 5.32 Å². The number of halogens is 1. The number of aliphatic hydroxyl groups excluding tert-OH is 1. The monoisotopic (exact) mass is 306 g/mol. The summed E-state index contributed by atoms with van der Waals surface area (Å²) in [5.74, 6) is -0.567. The van der Waals surface area contributed by atoms with E-state index in [2.05, 4.69) is 10.3 Å². The van der Waals surface area contributed by atoms with Gasteiger partial charge in [0, 0.05) is 31.6 Å². The van der Waals surface area contributed by atoms with E-state index in [0.29, 0.717) is 24.1 Å². The van der Waals surface area contributed by atoms with Gasteiger partial charge in [-0.3, -0.25) is 4.79 Å². The van der Waals surface area contributed by atoms with Gasteiger partial charge in [-0.15, -0.1) is 0 Å². The molecule has 1 aromatic heterocycles. The highest BCUT2D eigenvalue weighted by atomic mass is 19.1. The molecule has 5 nitrogen and oxygen atoms in total. The van der Waals surface area contributed by atoms with Crippen molar-refractivity contribution in [1.29, 1.82) is 0 Å². The Labute approximate surface area is 128 Å². The zero-order chi connectivity index (χ0) is 15.9. The van der Waals surface area contributed by atoms with Crippen LogP contribution in [-0.4, -0.2) is 42.4 Å². The molecule has 0 bridgehead atoms. The molecular formula is C16H19FN2O3. The van der Waals surface area contributed by atoms with Crippen molar-refractivity contribution in [3.8, 4) is 11.1 Å². The molecule has 2 rings (SSSR count). The quantitative estimate of drug-likeness (QED) is 0.732. The molecule has 0 saturated heterocycles. The van der Waals surface area contributed by atoms with E-state index >= 15 is 0 Å². The number of hydrogen-bond acceptors (Lipinski definition) is 3. The molecule has 1 amide bonds. The summed E-state index contributed by atoms with van der Waals surface area (Å²) < 4.78 is 17.8. The summed E-state index contributed by atoms with van der Waals surface area (Å²) in [6.07, 6.45) is 3.10. The first-order valence-corrected chi connectivity index (χ1v) is 6.99. The lowest BCUT2D eigenvalue weighted by atomic mass is 10.0. The highest BCUT2D eigenvalue weighted by Gasteiger charge is 2.14. The van der Waals surface area contributed by atoms with E-state index in [1.165, 1.54) is 19.2 Å². The van der Waals surface area contributed by atoms with E-state index in [4.69, 9.17) is 4.74 Å². The van der Waals surface area contributed by atoms with Gasteiger partial charge in [0.15, 0.2) is 0 Å². The smallest absolute Gasteiger partial charge is 0.253 e. The van der Waals surface area contributed by atoms with E-state index in [0.717, 1.165) is 5.56 Å². The number of H-pyrrole nitrogens is 1. The van der Waals surface area contributed by atoms with Gasteiger partial charge in [-0.25, -0.2) is 4.39 Å². The molecule has 118 valence electrons. The second-order valence-corrected chi connectivity index (χ2v) is 4.94. The molecule has 0 fully saturated rings. The van der Waals surface area contributed by atoms with Gasteiger partial charge < -0.3 is 20.1 Å². The van der Waals surface area contributed by atoms with Crippen LogP contribution in [0.3, 0.4) is 0 Å². The van der Waals surface area contributed by atoms with Crippen LogP contribution in [0.1, 0.15) is 16.8 Å². The third kappa shape index (κ3) is 4.16. The fourth-order valence-electron chi connectivity index (χ4n) is 2.14. The van der Waals surface area contributed by atoms with Crippen LogP contribution in [0.25, 0.3) is 11.1 Å². The number of hydrogen-bond donors (Lipinski definition) is 3. The Balaban J connectivity index is 1.99. The van der Waals surface area contributed by atoms with Crippen molar-refractivity contribution < 1.29 is 19.0 Å². The average molecular weight is 306 g/mol. The second-order valence-electron chi connectivity index (χ2n) is 4.94. The molecule has 1 heterocycles. The van der Waals surface area contributed by atoms with E-state index in [1.807, 2.05) is 0 Å². The molecule has 22 heavy (non-hydrogen) atoms. The van der Waals surface area contributed by atoms with Crippen molar-refractivity contribution in [2.45, 2.75) is 12.5 Å². The summed E-state index contributed by atoms with van der Waals surface area (Å²) in [5, 5.41) is 12.3. The number of benzene rings is 1. The Morgan fingerprint density at radius 1 is 1.36 bits per heavy atom. The maximum absolute atomic E-state index is 13.0. The summed E-state index contributed by atoms with van der Waals surface area (Å²) in [6, 6.07) is 5.95. The topological polar surface area (TPSA) is 74.3 Å². The maximum atomic E-state index is 13.0. The summed E-state index contributed by atoms with van der Waals surface area (Å²) in [7, 11) is 1.51. The lowest BCUT2D eigenvalue weighted by molar-refractivity contribution is 0.0588. The summed E-state index contributed by atoms with van der Waals surface area (Å²) in [5.41, 5.74) is 1.94. The third-order valence-corrected chi connectivity index (χ3v) is 3.27. The van der Waals surface area contributed by atoms with Gasteiger partial charge in [0.25, 0.3) is 5.91 Å². The van der Waals surface area contributed by atoms with Gasteiger partial charge in [0.05, 0.1) is 18.3 Å². The number of amides is 1. The number of aliphatic hydroxyl groups is 1. The van der Waals surface area contributed by atoms with Crippen molar-refractivity contribution in [2.75, 3.05) is 20.3 Å². The van der Waals surface area contributed by atoms with Crippen LogP contribution in [0.4, 0.5) is 4.39 Å². The molecule has 1 aromatic carbocycles. The lowest BCUT2D eigenvalue weighted by Gasteiger charge is -2.10. The molecule has 0 aliphatic rings. The summed E-state index contributed by atoms with van der Waals surface area (Å²) in [4.78, 5) is 15.1. The zero-order valence-corrected chi connectivity index (χ0v) is 12.3. The standard InChI is InChI=1S/C16H19FN2O3/c1-22-10-13(20)6-7-19-16(21)15-9-18-8-14(15)11-2-4-12(17)5-3-11/h2-5,8-9,13,18,20H,6-7,10H2,1H3,(H,19,21). The molecule has 0 saturated carbocycles. The number of rotatable bonds is 7. The predicted octanol–water partition coefficient (Wildman–Crippen LogP) is 1.95. The number of carbonyl (C=O) groups is 1. The highest BCUT2D eigenvalue weighted by Crippen LogP contribution is 2.23. The van der Waals surface area contributed by atoms with E-state index in [9.17, 15) is 14.3 Å². The van der Waals surface area contributed by atoms with Crippen LogP contribution in [0.5, 0.6) is 0 Å². The van der Waals surface area contributed by atoms with Gasteiger partial charge in [-0.05, 0) is 24.1 Å². The van der Waals surface area contributed by atoms with Crippen molar-refractivity contribution in [1.82, 2.24) is 10.3 Å². The first-order valence-electron chi connectivity index (χ1n) is 6.99. The fraction of sp³-hybridized carbons (Fsp3) is 0.312. The largest absolute Gasteiger partial charge is 0.391 e. The zero-order valence-electron chi connectivity index (χ0n) is 12.3. The summed E-state index contributed by atoms with van der Waals surface area (Å²) in [6.45, 7) is 0.582. The molecular weight excluding hydrogens is 287 g/mol. The minimum Gasteiger partial charge on any atom is -0.391 e. The maximum Gasteiger partial charge on any atom is 0.253 e. The molecule has 0 aliphatic carbocycles. The molecule has 3 N–H and O–H groups in total. The molecule has 2 aromatic rings. The van der Waals surface area contributed by atoms with Gasteiger partial charge in [0.1, 0.15) is 5.82 Å². The highest BCUT2D eigenvalue weighted by molar-refractivity contribution is 6.00. The van der Waals surface area contributed by atoms with Crippen molar-refractivity contribution in [3.63, 3.8) is 0 Å². The molecule has 1 unspecified atom stereocenters. The Kier molecular flexibility index (Phi) is 5.68. The molecule has 0 aliphatic heterocycles. The fourth-order valence-corrected chi connectivity index (χ4v) is 2.14. The van der Waals surface area contributed by atoms with Crippen molar-refractivity contribution in [2.24, 2.45) is 0 Å². The van der Waals surface area contributed by atoms with Crippen LogP contribution in [0.15, 0.2) is 36.7 Å². The number of carbonyl (C=O) groups excluding carboxylic acids is 1. The Hall–Kier alpha value is -2.18. The van der Waals surface area contributed by atoms with Crippen molar-refractivity contribution >= 4 is 5.91 Å². The third-order valence-electron chi connectivity index (χ3n) is 3.27. The molecule has 1 atom stereocenters. The normalized spacial score (nSPS) is 12.1. The number of aromatic nitrogens is 1. The van der Waals surface area contributed by atoms with Crippen LogP contribution in [0.2, 0.25) is 0 Å². The van der Waals surface area contributed by atoms with E-state index in [-0.39, 0.29) is 18.3 Å². The number of methoxy groups -OCH3 is 1. The first-order chi connectivity index (χ1) is 10.6. The van der Waals surface area contributed by atoms with Crippen molar-refractivity contribution in [3.05, 3.63) is 48.0 Å². The minimum absolute atomic E-state index is 0.237. The van der Waals surface area contributed by atoms with Crippen LogP contribution in [0, 0.1) is 5.82 Å². The Morgan fingerprint density at radius 2 is 2.09 bits per heavy atom. The Morgan fingerprint density at radius 3 is 2.77 bits per heavy atom. The van der Waals surface area contributed by atoms with E-state index in [1.54, 1.807) is 24.5 Å². The number of nitrogens with one attached hydrogen (secondary N) is 2. The minimum atomic E-state index is -0.604.